The van der Waals surface area contributed by atoms with Crippen LogP contribution in [0.25, 0.3) is 0 Å². The Kier molecular flexibility index (Phi) is 4.30. The second-order valence-corrected chi connectivity index (χ2v) is 5.05. The van der Waals surface area contributed by atoms with Crippen LogP contribution in [0.5, 0.6) is 11.5 Å². The normalized spacial score (nSPS) is 18.6. The van der Waals surface area contributed by atoms with Crippen molar-refractivity contribution in [2.45, 2.75) is 26.2 Å². The van der Waals surface area contributed by atoms with E-state index < -0.39 is 0 Å². The summed E-state index contributed by atoms with van der Waals surface area (Å²) in [6, 6.07) is 5.02. The zero-order chi connectivity index (χ0) is 13.8. The Morgan fingerprint density at radius 1 is 1.53 bits per heavy atom. The number of carbonyl (C=O) groups excluding carboxylic acids is 1. The topological polar surface area (TPSA) is 49.8 Å². The van der Waals surface area contributed by atoms with Crippen molar-refractivity contribution in [1.82, 2.24) is 4.90 Å². The fourth-order valence-corrected chi connectivity index (χ4v) is 2.69. The van der Waals surface area contributed by atoms with Gasteiger partial charge in [0.2, 0.25) is 0 Å². The monoisotopic (exact) mass is 263 g/mol. The van der Waals surface area contributed by atoms with Gasteiger partial charge in [-0.05, 0) is 30.9 Å². The minimum Gasteiger partial charge on any atom is -0.504 e. The highest BCUT2D eigenvalue weighted by Crippen LogP contribution is 2.31. The molecule has 0 saturated carbocycles. The second kappa shape index (κ2) is 5.95. The van der Waals surface area contributed by atoms with E-state index >= 15 is 0 Å². The van der Waals surface area contributed by atoms with Gasteiger partial charge in [-0.15, -0.1) is 0 Å². The van der Waals surface area contributed by atoms with Crippen LogP contribution in [0.1, 0.15) is 36.5 Å². The summed E-state index contributed by atoms with van der Waals surface area (Å²) in [4.78, 5) is 14.2. The van der Waals surface area contributed by atoms with Crippen LogP contribution in [0.15, 0.2) is 18.2 Å². The van der Waals surface area contributed by atoms with E-state index in [4.69, 9.17) is 4.74 Å². The maximum atomic E-state index is 12.4. The van der Waals surface area contributed by atoms with E-state index in [1.807, 2.05) is 4.90 Å². The maximum Gasteiger partial charge on any atom is 0.257 e. The number of phenols is 1. The SMILES string of the molecule is CCCC1CCN(C(=O)c2cccc(OC)c2O)C1. The molecular weight excluding hydrogens is 242 g/mol. The number of ether oxygens (including phenoxy) is 1. The fourth-order valence-electron chi connectivity index (χ4n) is 2.69. The maximum absolute atomic E-state index is 12.4. The highest BCUT2D eigenvalue weighted by Gasteiger charge is 2.28. The number of rotatable bonds is 4. The molecule has 4 nitrogen and oxygen atoms in total. The lowest BCUT2D eigenvalue weighted by atomic mass is 10.0. The summed E-state index contributed by atoms with van der Waals surface area (Å²) in [6.45, 7) is 3.74. The molecule has 1 unspecified atom stereocenters. The second-order valence-electron chi connectivity index (χ2n) is 5.05. The number of benzene rings is 1. The largest absolute Gasteiger partial charge is 0.504 e. The molecule has 1 aliphatic rings. The first-order valence-corrected chi connectivity index (χ1v) is 6.82. The van der Waals surface area contributed by atoms with Gasteiger partial charge in [0, 0.05) is 13.1 Å². The van der Waals surface area contributed by atoms with Crippen molar-refractivity contribution in [2.75, 3.05) is 20.2 Å². The van der Waals surface area contributed by atoms with Gasteiger partial charge < -0.3 is 14.7 Å². The lowest BCUT2D eigenvalue weighted by Gasteiger charge is -2.18. The summed E-state index contributed by atoms with van der Waals surface area (Å²) in [5.41, 5.74) is 0.330. The summed E-state index contributed by atoms with van der Waals surface area (Å²) in [7, 11) is 1.48. The average Bonchev–Trinajstić information content (AvgIpc) is 2.87. The van der Waals surface area contributed by atoms with Gasteiger partial charge in [-0.2, -0.15) is 0 Å². The first-order valence-electron chi connectivity index (χ1n) is 6.82. The summed E-state index contributed by atoms with van der Waals surface area (Å²) in [6.07, 6.45) is 3.37. The third-order valence-corrected chi connectivity index (χ3v) is 3.72. The molecule has 1 N–H and O–H groups in total. The molecule has 2 rings (SSSR count). The van der Waals surface area contributed by atoms with E-state index in [1.54, 1.807) is 18.2 Å². The molecule has 4 heteroatoms. The number of para-hydroxylation sites is 1. The summed E-state index contributed by atoms with van der Waals surface area (Å²) < 4.78 is 5.04. The van der Waals surface area contributed by atoms with E-state index in [0.29, 0.717) is 17.2 Å². The van der Waals surface area contributed by atoms with Crippen molar-refractivity contribution in [3.05, 3.63) is 23.8 Å². The van der Waals surface area contributed by atoms with Crippen molar-refractivity contribution < 1.29 is 14.6 Å². The molecule has 1 amide bonds. The molecule has 1 aromatic rings. The minimum absolute atomic E-state index is 0.0612. The van der Waals surface area contributed by atoms with E-state index in [-0.39, 0.29) is 11.7 Å². The van der Waals surface area contributed by atoms with Crippen LogP contribution in [0.3, 0.4) is 0 Å². The van der Waals surface area contributed by atoms with Gasteiger partial charge in [-0.3, -0.25) is 4.79 Å². The quantitative estimate of drug-likeness (QED) is 0.908. The summed E-state index contributed by atoms with van der Waals surface area (Å²) >= 11 is 0. The van der Waals surface area contributed by atoms with Gasteiger partial charge in [-0.25, -0.2) is 0 Å². The Hall–Kier alpha value is -1.71. The van der Waals surface area contributed by atoms with Crippen LogP contribution in [0, 0.1) is 5.92 Å². The minimum atomic E-state index is -0.102. The molecule has 0 aromatic heterocycles. The van der Waals surface area contributed by atoms with Crippen molar-refractivity contribution in [3.8, 4) is 11.5 Å². The Bertz CT molecular complexity index is 459. The van der Waals surface area contributed by atoms with Crippen molar-refractivity contribution in [1.29, 1.82) is 0 Å². The number of hydrogen-bond donors (Lipinski definition) is 1. The Labute approximate surface area is 114 Å². The van der Waals surface area contributed by atoms with Gasteiger partial charge in [0.15, 0.2) is 11.5 Å². The molecular formula is C15H21NO3. The third-order valence-electron chi connectivity index (χ3n) is 3.72. The number of carbonyl (C=O) groups is 1. The molecule has 0 radical (unpaired) electrons. The van der Waals surface area contributed by atoms with Crippen LogP contribution in [-0.4, -0.2) is 36.1 Å². The van der Waals surface area contributed by atoms with Gasteiger partial charge >= 0.3 is 0 Å². The standard InChI is InChI=1S/C15H21NO3/c1-3-5-11-8-9-16(10-11)15(18)12-6-4-7-13(19-2)14(12)17/h4,6-7,11,17H,3,5,8-10H2,1-2H3. The van der Waals surface area contributed by atoms with Crippen molar-refractivity contribution in [2.24, 2.45) is 5.92 Å². The molecule has 0 spiro atoms. The molecule has 1 atom stereocenters. The van der Waals surface area contributed by atoms with Crippen LogP contribution >= 0.6 is 0 Å². The van der Waals surface area contributed by atoms with Gasteiger partial charge in [0.25, 0.3) is 5.91 Å². The van der Waals surface area contributed by atoms with Crippen LogP contribution in [0.2, 0.25) is 0 Å². The Morgan fingerprint density at radius 3 is 3.00 bits per heavy atom. The average molecular weight is 263 g/mol. The van der Waals surface area contributed by atoms with E-state index in [1.165, 1.54) is 7.11 Å². The summed E-state index contributed by atoms with van der Waals surface area (Å²) in [5, 5.41) is 10.0. The van der Waals surface area contributed by atoms with E-state index in [9.17, 15) is 9.90 Å². The third kappa shape index (κ3) is 2.83. The number of likely N-dealkylation sites (tertiary alicyclic amines) is 1. The van der Waals surface area contributed by atoms with Crippen LogP contribution in [-0.2, 0) is 0 Å². The number of phenolic OH excluding ortho intramolecular Hbond substituents is 1. The van der Waals surface area contributed by atoms with E-state index in [0.717, 1.165) is 32.4 Å². The van der Waals surface area contributed by atoms with Gasteiger partial charge in [-0.1, -0.05) is 19.4 Å². The molecule has 104 valence electrons. The molecule has 1 fully saturated rings. The van der Waals surface area contributed by atoms with Crippen LogP contribution in [0.4, 0.5) is 0 Å². The lowest BCUT2D eigenvalue weighted by Crippen LogP contribution is -2.28. The first-order chi connectivity index (χ1) is 9.17. The zero-order valence-corrected chi connectivity index (χ0v) is 11.6. The molecule has 0 bridgehead atoms. The highest BCUT2D eigenvalue weighted by molar-refractivity contribution is 5.97. The fraction of sp³-hybridized carbons (Fsp3) is 0.533. The number of hydrogen-bond acceptors (Lipinski definition) is 3. The Balaban J connectivity index is 2.12. The predicted octanol–water partition coefficient (Wildman–Crippen LogP) is 2.66. The molecule has 1 heterocycles. The van der Waals surface area contributed by atoms with Crippen LogP contribution < -0.4 is 4.74 Å². The van der Waals surface area contributed by atoms with Crippen molar-refractivity contribution in [3.63, 3.8) is 0 Å². The number of methoxy groups -OCH3 is 1. The number of nitrogens with zero attached hydrogens (tertiary/aromatic N) is 1. The molecule has 0 aliphatic carbocycles. The van der Waals surface area contributed by atoms with Crippen molar-refractivity contribution >= 4 is 5.91 Å². The lowest BCUT2D eigenvalue weighted by molar-refractivity contribution is 0.0783. The Morgan fingerprint density at radius 2 is 2.32 bits per heavy atom. The molecule has 1 aromatic carbocycles. The first kappa shape index (κ1) is 13.7. The smallest absolute Gasteiger partial charge is 0.257 e. The van der Waals surface area contributed by atoms with Gasteiger partial charge in [0.05, 0.1) is 12.7 Å². The molecule has 19 heavy (non-hydrogen) atoms. The van der Waals surface area contributed by atoms with Gasteiger partial charge in [0.1, 0.15) is 0 Å². The molecule has 1 saturated heterocycles. The van der Waals surface area contributed by atoms with E-state index in [2.05, 4.69) is 6.92 Å². The number of amides is 1. The zero-order valence-electron chi connectivity index (χ0n) is 11.6. The number of aromatic hydroxyl groups is 1. The molecule has 1 aliphatic heterocycles. The summed E-state index contributed by atoms with van der Waals surface area (Å²) in [5.74, 6) is 0.779. The highest BCUT2D eigenvalue weighted by atomic mass is 16.5. The predicted molar refractivity (Wildman–Crippen MR) is 73.6 cm³/mol.